The van der Waals surface area contributed by atoms with Crippen molar-refractivity contribution in [1.82, 2.24) is 29.7 Å². The molecule has 11 nitrogen and oxygen atoms in total. The summed E-state index contributed by atoms with van der Waals surface area (Å²) in [6, 6.07) is 10.7. The van der Waals surface area contributed by atoms with Crippen LogP contribution < -0.4 is 18.9 Å². The first-order chi connectivity index (χ1) is 19.1. The third-order valence-corrected chi connectivity index (χ3v) is 6.98. The highest BCUT2D eigenvalue weighted by molar-refractivity contribution is 8.01. The van der Waals surface area contributed by atoms with Gasteiger partial charge in [-0.3, -0.25) is 9.29 Å². The number of anilines is 1. The molecule has 2 N–H and O–H groups in total. The molecule has 0 bridgehead atoms. The van der Waals surface area contributed by atoms with Crippen molar-refractivity contribution in [2.45, 2.75) is 44.5 Å². The summed E-state index contributed by atoms with van der Waals surface area (Å²) in [6.45, 7) is 7.34. The number of pyridine rings is 1. The van der Waals surface area contributed by atoms with E-state index < -0.39 is 11.4 Å². The van der Waals surface area contributed by atoms with Gasteiger partial charge in [0.2, 0.25) is 11.8 Å². The molecular weight excluding hydrogens is 537 g/mol. The first-order valence-electron chi connectivity index (χ1n) is 12.5. The minimum atomic E-state index is -1.02. The van der Waals surface area contributed by atoms with Gasteiger partial charge in [-0.2, -0.15) is 0 Å². The quantitative estimate of drug-likeness (QED) is 0.231. The van der Waals surface area contributed by atoms with Crippen LogP contribution in [-0.4, -0.2) is 66.5 Å². The Balaban J connectivity index is 1.72. The lowest BCUT2D eigenvalue weighted by atomic mass is 10.1. The van der Waals surface area contributed by atoms with Crippen LogP contribution in [0.4, 0.5) is 10.3 Å². The van der Waals surface area contributed by atoms with E-state index in [-0.39, 0.29) is 17.8 Å². The first kappa shape index (κ1) is 29.0. The smallest absolute Gasteiger partial charge is 0.239 e. The predicted octanol–water partition coefficient (Wildman–Crippen LogP) is 4.68. The molecule has 4 rings (SSSR count). The fourth-order valence-electron chi connectivity index (χ4n) is 3.67. The second-order valence-electron chi connectivity index (χ2n) is 9.63. The molecule has 0 fully saturated rings. The molecular formula is C27H32FN7O4S. The summed E-state index contributed by atoms with van der Waals surface area (Å²) < 4.78 is 35.4. The normalized spacial score (nSPS) is 13.0. The maximum absolute atomic E-state index is 13.3. The summed E-state index contributed by atoms with van der Waals surface area (Å²) in [4.78, 5) is 12.8. The number of nitrogens with zero attached hydrogens (tertiary/aromatic N) is 6. The largest absolute Gasteiger partial charge is 0.494 e. The molecule has 0 radical (unpaired) electrons. The molecule has 4 aromatic rings. The Kier molecular flexibility index (Phi) is 9.05. The van der Waals surface area contributed by atoms with Crippen molar-refractivity contribution in [3.8, 4) is 34.6 Å². The fraction of sp³-hybridized carbons (Fsp3) is 0.370. The Hall–Kier alpha value is -3.97. The number of aromatic nitrogens is 6. The average molecular weight is 570 g/mol. The van der Waals surface area contributed by atoms with E-state index in [1.807, 2.05) is 32.0 Å². The standard InChI is InChI=1S/C27H32FN7O4S/c1-16(24-29-13-18(28)14-30-24)17(2)40-34-26-33-32-25(19-9-7-12-22(31-19)39-15-27(3,4)36)35(26)23-20(37-5)10-8-11-21(23)38-6/h7-14,16-17,36H,15H2,1-6H3,(H,33,34). The topological polar surface area (TPSA) is 129 Å². The minimum Gasteiger partial charge on any atom is -0.494 e. The van der Waals surface area contributed by atoms with Crippen LogP contribution in [0, 0.1) is 5.82 Å². The van der Waals surface area contributed by atoms with Gasteiger partial charge in [-0.15, -0.1) is 10.2 Å². The van der Waals surface area contributed by atoms with Gasteiger partial charge in [0.1, 0.15) is 35.3 Å². The van der Waals surface area contributed by atoms with Crippen LogP contribution in [0.15, 0.2) is 48.8 Å². The lowest BCUT2D eigenvalue weighted by molar-refractivity contribution is 0.0269. The Morgan fingerprint density at radius 2 is 1.68 bits per heavy atom. The van der Waals surface area contributed by atoms with Crippen LogP contribution in [0.3, 0.4) is 0 Å². The number of benzene rings is 1. The van der Waals surface area contributed by atoms with Crippen LogP contribution in [-0.2, 0) is 0 Å². The number of ether oxygens (including phenoxy) is 3. The van der Waals surface area contributed by atoms with Gasteiger partial charge in [-0.05, 0) is 44.0 Å². The Labute approximate surface area is 236 Å². The Bertz CT molecular complexity index is 1410. The fourth-order valence-corrected chi connectivity index (χ4v) is 4.41. The number of hydrogen-bond acceptors (Lipinski definition) is 11. The monoisotopic (exact) mass is 569 g/mol. The average Bonchev–Trinajstić information content (AvgIpc) is 3.37. The van der Waals surface area contributed by atoms with E-state index in [0.717, 1.165) is 12.4 Å². The maximum atomic E-state index is 13.3. The third-order valence-electron chi connectivity index (χ3n) is 5.90. The van der Waals surface area contributed by atoms with Gasteiger partial charge < -0.3 is 19.3 Å². The second-order valence-corrected chi connectivity index (χ2v) is 10.8. The number of nitrogens with one attached hydrogen (secondary N) is 1. The molecule has 13 heteroatoms. The number of hydrogen-bond donors (Lipinski definition) is 2. The molecule has 3 heterocycles. The molecule has 0 saturated heterocycles. The van der Waals surface area contributed by atoms with Crippen molar-refractivity contribution in [2.24, 2.45) is 0 Å². The van der Waals surface area contributed by atoms with Crippen molar-refractivity contribution in [1.29, 1.82) is 0 Å². The molecule has 0 amide bonds. The van der Waals surface area contributed by atoms with Gasteiger partial charge in [0, 0.05) is 17.2 Å². The molecule has 2 unspecified atom stereocenters. The van der Waals surface area contributed by atoms with Crippen molar-refractivity contribution in [3.63, 3.8) is 0 Å². The van der Waals surface area contributed by atoms with Crippen molar-refractivity contribution < 1.29 is 23.7 Å². The van der Waals surface area contributed by atoms with Crippen LogP contribution >= 0.6 is 11.9 Å². The Morgan fingerprint density at radius 1 is 1.02 bits per heavy atom. The van der Waals surface area contributed by atoms with E-state index in [9.17, 15) is 9.50 Å². The highest BCUT2D eigenvalue weighted by Crippen LogP contribution is 2.38. The van der Waals surface area contributed by atoms with E-state index >= 15 is 0 Å². The Morgan fingerprint density at radius 3 is 2.30 bits per heavy atom. The van der Waals surface area contributed by atoms with Gasteiger partial charge in [0.05, 0.1) is 32.2 Å². The summed E-state index contributed by atoms with van der Waals surface area (Å²) >= 11 is 1.39. The summed E-state index contributed by atoms with van der Waals surface area (Å²) in [5, 5.41) is 18.9. The number of methoxy groups -OCH3 is 2. The van der Waals surface area contributed by atoms with E-state index in [1.165, 1.54) is 11.9 Å². The van der Waals surface area contributed by atoms with Crippen LogP contribution in [0.5, 0.6) is 17.4 Å². The molecule has 0 aliphatic carbocycles. The van der Waals surface area contributed by atoms with Crippen LogP contribution in [0.25, 0.3) is 17.2 Å². The molecule has 212 valence electrons. The molecule has 40 heavy (non-hydrogen) atoms. The molecule has 1 aromatic carbocycles. The van der Waals surface area contributed by atoms with E-state index in [0.29, 0.717) is 46.4 Å². The van der Waals surface area contributed by atoms with E-state index in [1.54, 1.807) is 50.8 Å². The predicted molar refractivity (Wildman–Crippen MR) is 151 cm³/mol. The number of rotatable bonds is 12. The van der Waals surface area contributed by atoms with E-state index in [2.05, 4.69) is 29.9 Å². The summed E-state index contributed by atoms with van der Waals surface area (Å²) in [5.41, 5.74) is 0.0273. The zero-order valence-electron chi connectivity index (χ0n) is 23.1. The molecule has 0 aliphatic heterocycles. The number of aliphatic hydroxyl groups is 1. The highest BCUT2D eigenvalue weighted by Gasteiger charge is 2.25. The van der Waals surface area contributed by atoms with Crippen LogP contribution in [0.1, 0.15) is 39.4 Å². The molecule has 0 saturated carbocycles. The third kappa shape index (κ3) is 6.77. The van der Waals surface area contributed by atoms with Gasteiger partial charge in [0.15, 0.2) is 11.6 Å². The molecule has 0 spiro atoms. The van der Waals surface area contributed by atoms with Gasteiger partial charge >= 0.3 is 0 Å². The molecule has 3 aromatic heterocycles. The van der Waals surface area contributed by atoms with Gasteiger partial charge in [-0.25, -0.2) is 19.3 Å². The summed E-state index contributed by atoms with van der Waals surface area (Å²) in [7, 11) is 3.14. The second kappa shape index (κ2) is 12.5. The lowest BCUT2D eigenvalue weighted by Gasteiger charge is -2.20. The maximum Gasteiger partial charge on any atom is 0.239 e. The number of para-hydroxylation sites is 1. The zero-order valence-corrected chi connectivity index (χ0v) is 23.9. The SMILES string of the molecule is COc1cccc(OC)c1-n1c(NSC(C)C(C)c2ncc(F)cn2)nnc1-c1cccc(OCC(C)(C)O)n1. The van der Waals surface area contributed by atoms with Crippen molar-refractivity contribution >= 4 is 17.9 Å². The number of halogens is 1. The van der Waals surface area contributed by atoms with E-state index in [4.69, 9.17) is 14.2 Å². The van der Waals surface area contributed by atoms with Crippen molar-refractivity contribution in [3.05, 3.63) is 60.4 Å². The molecule has 2 atom stereocenters. The summed E-state index contributed by atoms with van der Waals surface area (Å²) in [6.07, 6.45) is 2.32. The highest BCUT2D eigenvalue weighted by atomic mass is 32.2. The summed E-state index contributed by atoms with van der Waals surface area (Å²) in [5.74, 6) is 2.14. The van der Waals surface area contributed by atoms with Gasteiger partial charge in [0.25, 0.3) is 0 Å². The lowest BCUT2D eigenvalue weighted by Crippen LogP contribution is -2.28. The molecule has 0 aliphatic rings. The first-order valence-corrected chi connectivity index (χ1v) is 13.4. The van der Waals surface area contributed by atoms with Crippen LogP contribution in [0.2, 0.25) is 0 Å². The van der Waals surface area contributed by atoms with Crippen molar-refractivity contribution in [2.75, 3.05) is 25.5 Å². The minimum absolute atomic E-state index is 0.0321. The zero-order chi connectivity index (χ0) is 28.9. The van der Waals surface area contributed by atoms with Gasteiger partial charge in [-0.1, -0.05) is 26.0 Å².